The van der Waals surface area contributed by atoms with Gasteiger partial charge in [0.15, 0.2) is 0 Å². The lowest BCUT2D eigenvalue weighted by atomic mass is 10.4. The van der Waals surface area contributed by atoms with Gasteiger partial charge in [-0.05, 0) is 25.9 Å². The van der Waals surface area contributed by atoms with Crippen LogP contribution in [0.5, 0.6) is 0 Å². The summed E-state index contributed by atoms with van der Waals surface area (Å²) >= 11 is 0. The highest BCUT2D eigenvalue weighted by Gasteiger charge is 1.93. The average Bonchev–Trinajstić information content (AvgIpc) is 2.43. The molecule has 3 heteroatoms. The molecule has 1 fully saturated rings. The first-order valence-corrected chi connectivity index (χ1v) is 3.49. The molecule has 0 aromatic heterocycles. The van der Waals surface area contributed by atoms with Crippen LogP contribution in [0.3, 0.4) is 0 Å². The molecule has 1 heterocycles. The molecule has 0 bridgehead atoms. The molecule has 1 aliphatic heterocycles. The lowest BCUT2D eigenvalue weighted by Crippen LogP contribution is -2.03. The maximum absolute atomic E-state index is 7.62. The first-order valence-electron chi connectivity index (χ1n) is 3.49. The molecule has 0 aliphatic carbocycles. The Bertz CT molecular complexity index is 76.5. The Balaban J connectivity index is 0. The van der Waals surface area contributed by atoms with Crippen molar-refractivity contribution in [2.75, 3.05) is 13.1 Å². The molecule has 1 aliphatic rings. The molecule has 10 heavy (non-hydrogen) atoms. The van der Waals surface area contributed by atoms with E-state index in [2.05, 4.69) is 5.32 Å². The molecule has 1 rings (SSSR count). The number of hydrogen-bond acceptors (Lipinski definition) is 2. The SMILES string of the molecule is C1CCNC1.CCC#N.O. The fourth-order valence-electron chi connectivity index (χ4n) is 0.625. The predicted octanol–water partition coefficient (Wildman–Crippen LogP) is 0.465. The number of rotatable bonds is 0. The maximum Gasteiger partial charge on any atom is 0.0618 e. The van der Waals surface area contributed by atoms with E-state index in [9.17, 15) is 0 Å². The fourth-order valence-corrected chi connectivity index (χ4v) is 0.625. The van der Waals surface area contributed by atoms with E-state index in [1.54, 1.807) is 0 Å². The molecule has 0 radical (unpaired) electrons. The minimum atomic E-state index is 0. The van der Waals surface area contributed by atoms with E-state index in [1.807, 2.05) is 13.0 Å². The van der Waals surface area contributed by atoms with Gasteiger partial charge in [-0.3, -0.25) is 0 Å². The zero-order chi connectivity index (χ0) is 6.95. The summed E-state index contributed by atoms with van der Waals surface area (Å²) in [5.41, 5.74) is 0. The molecule has 60 valence electrons. The zero-order valence-corrected chi connectivity index (χ0v) is 6.48. The van der Waals surface area contributed by atoms with Gasteiger partial charge in [0.1, 0.15) is 0 Å². The summed E-state index contributed by atoms with van der Waals surface area (Å²) < 4.78 is 0. The lowest BCUT2D eigenvalue weighted by Gasteiger charge is -1.76. The van der Waals surface area contributed by atoms with Crippen LogP contribution in [0, 0.1) is 11.3 Å². The van der Waals surface area contributed by atoms with Gasteiger partial charge in [0, 0.05) is 6.42 Å². The Morgan fingerprint density at radius 3 is 1.90 bits per heavy atom. The summed E-state index contributed by atoms with van der Waals surface area (Å²) in [4.78, 5) is 0. The summed E-state index contributed by atoms with van der Waals surface area (Å²) in [6, 6.07) is 1.93. The Morgan fingerprint density at radius 2 is 1.80 bits per heavy atom. The van der Waals surface area contributed by atoms with Crippen LogP contribution in [-0.4, -0.2) is 18.6 Å². The van der Waals surface area contributed by atoms with Crippen molar-refractivity contribution in [2.24, 2.45) is 0 Å². The molecule has 3 nitrogen and oxygen atoms in total. The first-order chi connectivity index (χ1) is 4.41. The lowest BCUT2D eigenvalue weighted by molar-refractivity contribution is 0.824. The van der Waals surface area contributed by atoms with Gasteiger partial charge in [-0.1, -0.05) is 6.92 Å². The van der Waals surface area contributed by atoms with E-state index in [0.717, 1.165) is 0 Å². The second kappa shape index (κ2) is 11.2. The van der Waals surface area contributed by atoms with Gasteiger partial charge in [0.25, 0.3) is 0 Å². The Morgan fingerprint density at radius 1 is 1.40 bits per heavy atom. The summed E-state index contributed by atoms with van der Waals surface area (Å²) in [7, 11) is 0. The Kier molecular flexibility index (Phi) is 13.6. The summed E-state index contributed by atoms with van der Waals surface area (Å²) in [5.74, 6) is 0. The van der Waals surface area contributed by atoms with Crippen molar-refractivity contribution in [1.29, 1.82) is 5.26 Å². The second-order valence-electron chi connectivity index (χ2n) is 1.97. The van der Waals surface area contributed by atoms with E-state index in [1.165, 1.54) is 25.9 Å². The summed E-state index contributed by atoms with van der Waals surface area (Å²) in [5, 5.41) is 10.8. The van der Waals surface area contributed by atoms with Crippen LogP contribution in [0.15, 0.2) is 0 Å². The van der Waals surface area contributed by atoms with Crippen molar-refractivity contribution < 1.29 is 5.48 Å². The Labute approximate surface area is 62.4 Å². The number of nitrogens with one attached hydrogen (secondary N) is 1. The standard InChI is InChI=1S/C4H9N.C3H5N.H2O/c1-2-4-5-3-1;1-2-3-4;/h5H,1-4H2;2H2,1H3;1H2. The normalized spacial score (nSPS) is 14.0. The van der Waals surface area contributed by atoms with Gasteiger partial charge in [-0.2, -0.15) is 5.26 Å². The summed E-state index contributed by atoms with van der Waals surface area (Å²) in [6.45, 7) is 4.32. The van der Waals surface area contributed by atoms with Gasteiger partial charge >= 0.3 is 0 Å². The third-order valence-corrected chi connectivity index (χ3v) is 1.12. The highest BCUT2D eigenvalue weighted by Crippen LogP contribution is 1.90. The third-order valence-electron chi connectivity index (χ3n) is 1.12. The van der Waals surface area contributed by atoms with Gasteiger partial charge < -0.3 is 10.8 Å². The van der Waals surface area contributed by atoms with Crippen molar-refractivity contribution in [3.05, 3.63) is 0 Å². The zero-order valence-electron chi connectivity index (χ0n) is 6.48. The van der Waals surface area contributed by atoms with Gasteiger partial charge in [0.2, 0.25) is 0 Å². The molecule has 0 unspecified atom stereocenters. The number of nitriles is 1. The van der Waals surface area contributed by atoms with Crippen molar-refractivity contribution in [1.82, 2.24) is 5.32 Å². The van der Waals surface area contributed by atoms with Crippen LogP contribution in [0.25, 0.3) is 0 Å². The van der Waals surface area contributed by atoms with Crippen molar-refractivity contribution in [3.63, 3.8) is 0 Å². The molecule has 1 saturated heterocycles. The fraction of sp³-hybridized carbons (Fsp3) is 0.857. The van der Waals surface area contributed by atoms with E-state index in [4.69, 9.17) is 5.26 Å². The van der Waals surface area contributed by atoms with Crippen molar-refractivity contribution in [2.45, 2.75) is 26.2 Å². The topological polar surface area (TPSA) is 67.3 Å². The molecule has 0 spiro atoms. The smallest absolute Gasteiger partial charge is 0.0618 e. The summed E-state index contributed by atoms with van der Waals surface area (Å²) in [6.07, 6.45) is 3.40. The molecule has 0 amide bonds. The average molecular weight is 144 g/mol. The van der Waals surface area contributed by atoms with Gasteiger partial charge in [0.05, 0.1) is 6.07 Å². The minimum Gasteiger partial charge on any atom is -0.412 e. The van der Waals surface area contributed by atoms with Crippen LogP contribution in [0.2, 0.25) is 0 Å². The molecule has 0 aromatic carbocycles. The molecule has 0 atom stereocenters. The quantitative estimate of drug-likeness (QED) is 0.537. The monoisotopic (exact) mass is 144 g/mol. The van der Waals surface area contributed by atoms with E-state index >= 15 is 0 Å². The Hall–Kier alpha value is -0.590. The minimum absolute atomic E-state index is 0. The van der Waals surface area contributed by atoms with Crippen LogP contribution in [0.1, 0.15) is 26.2 Å². The van der Waals surface area contributed by atoms with Gasteiger partial charge in [-0.25, -0.2) is 0 Å². The van der Waals surface area contributed by atoms with Gasteiger partial charge in [-0.15, -0.1) is 0 Å². The maximum atomic E-state index is 7.62. The van der Waals surface area contributed by atoms with Crippen LogP contribution in [-0.2, 0) is 0 Å². The highest BCUT2D eigenvalue weighted by atomic mass is 16.0. The second-order valence-corrected chi connectivity index (χ2v) is 1.97. The third kappa shape index (κ3) is 10.4. The highest BCUT2D eigenvalue weighted by molar-refractivity contribution is 4.61. The first kappa shape index (κ1) is 12.1. The molecular formula is C7H16N2O. The van der Waals surface area contributed by atoms with Crippen LogP contribution >= 0.6 is 0 Å². The van der Waals surface area contributed by atoms with Crippen molar-refractivity contribution >= 4 is 0 Å². The van der Waals surface area contributed by atoms with E-state index in [0.29, 0.717) is 6.42 Å². The van der Waals surface area contributed by atoms with E-state index in [-0.39, 0.29) is 5.48 Å². The molecular weight excluding hydrogens is 128 g/mol. The van der Waals surface area contributed by atoms with Crippen LogP contribution < -0.4 is 5.32 Å². The predicted molar refractivity (Wildman–Crippen MR) is 41.6 cm³/mol. The van der Waals surface area contributed by atoms with E-state index < -0.39 is 0 Å². The largest absolute Gasteiger partial charge is 0.412 e. The molecule has 0 aromatic rings. The molecule has 0 saturated carbocycles. The molecule has 3 N–H and O–H groups in total. The number of hydrogen-bond donors (Lipinski definition) is 1. The number of nitrogens with zero attached hydrogens (tertiary/aromatic N) is 1. The van der Waals surface area contributed by atoms with Crippen molar-refractivity contribution in [3.8, 4) is 6.07 Å². The van der Waals surface area contributed by atoms with Crippen LogP contribution in [0.4, 0.5) is 0 Å².